The highest BCUT2D eigenvalue weighted by atomic mass is 15.2. The highest BCUT2D eigenvalue weighted by Gasteiger charge is 2.16. The Hall–Kier alpha value is -1.87. The fourth-order valence-electron chi connectivity index (χ4n) is 2.65. The molecule has 3 rings (SSSR count). The molecular weight excluding hydrogens is 234 g/mol. The van der Waals surface area contributed by atoms with Crippen molar-refractivity contribution < 1.29 is 0 Å². The van der Waals surface area contributed by atoms with Gasteiger partial charge in [0.2, 0.25) is 0 Å². The van der Waals surface area contributed by atoms with Crippen LogP contribution in [0.5, 0.6) is 0 Å². The van der Waals surface area contributed by atoms with Gasteiger partial charge in [0.15, 0.2) is 0 Å². The van der Waals surface area contributed by atoms with E-state index in [0.29, 0.717) is 6.54 Å². The Balaban J connectivity index is 1.82. The first-order valence-electron chi connectivity index (χ1n) is 6.83. The lowest BCUT2D eigenvalue weighted by atomic mass is 10.00. The quantitative estimate of drug-likeness (QED) is 0.911. The average molecular weight is 253 g/mol. The fourth-order valence-corrected chi connectivity index (χ4v) is 2.65. The maximum Gasteiger partial charge on any atom is 0.129 e. The third kappa shape index (κ3) is 2.61. The summed E-state index contributed by atoms with van der Waals surface area (Å²) in [6.07, 6.45) is 3.90. The molecule has 3 nitrogen and oxygen atoms in total. The summed E-state index contributed by atoms with van der Waals surface area (Å²) in [5.74, 6) is 1.07. The Bertz CT molecular complexity index is 565. The predicted octanol–water partition coefficient (Wildman–Crippen LogP) is 2.15. The molecule has 98 valence electrons. The molecule has 2 N–H and O–H groups in total. The van der Waals surface area contributed by atoms with Gasteiger partial charge in [-0.05, 0) is 48.2 Å². The van der Waals surface area contributed by atoms with Crippen LogP contribution < -0.4 is 10.6 Å². The lowest BCUT2D eigenvalue weighted by Gasteiger charge is -2.30. The molecule has 2 heterocycles. The first kappa shape index (κ1) is 12.2. The number of rotatable bonds is 3. The largest absolute Gasteiger partial charge is 0.352 e. The van der Waals surface area contributed by atoms with Crippen LogP contribution in [-0.4, -0.2) is 18.1 Å². The summed E-state index contributed by atoms with van der Waals surface area (Å²) < 4.78 is 0. The molecule has 1 aliphatic heterocycles. The van der Waals surface area contributed by atoms with Crippen LogP contribution in [0.2, 0.25) is 0 Å². The van der Waals surface area contributed by atoms with Gasteiger partial charge in [-0.1, -0.05) is 24.3 Å². The van der Waals surface area contributed by atoms with E-state index in [1.807, 2.05) is 12.3 Å². The van der Waals surface area contributed by atoms with Gasteiger partial charge in [-0.25, -0.2) is 4.98 Å². The van der Waals surface area contributed by atoms with Crippen LogP contribution >= 0.6 is 0 Å². The van der Waals surface area contributed by atoms with E-state index in [4.69, 9.17) is 5.73 Å². The van der Waals surface area contributed by atoms with E-state index in [2.05, 4.69) is 40.2 Å². The zero-order valence-electron chi connectivity index (χ0n) is 11.0. The minimum Gasteiger partial charge on any atom is -0.352 e. The molecule has 1 aliphatic rings. The van der Waals surface area contributed by atoms with Crippen molar-refractivity contribution in [1.29, 1.82) is 0 Å². The summed E-state index contributed by atoms with van der Waals surface area (Å²) in [7, 11) is 0. The maximum absolute atomic E-state index is 5.62. The molecule has 0 radical (unpaired) electrons. The summed E-state index contributed by atoms with van der Waals surface area (Å²) in [6, 6.07) is 12.9. The monoisotopic (exact) mass is 253 g/mol. The first-order valence-corrected chi connectivity index (χ1v) is 6.83. The van der Waals surface area contributed by atoms with Gasteiger partial charge in [-0.3, -0.25) is 0 Å². The smallest absolute Gasteiger partial charge is 0.129 e. The molecule has 0 spiro atoms. The SMILES string of the molecule is NCCc1ccnc(N2CCc3ccccc3C2)c1. The van der Waals surface area contributed by atoms with Crippen LogP contribution in [-0.2, 0) is 19.4 Å². The number of hydrogen-bond acceptors (Lipinski definition) is 3. The highest BCUT2D eigenvalue weighted by molar-refractivity contribution is 5.45. The number of aromatic nitrogens is 1. The topological polar surface area (TPSA) is 42.1 Å². The van der Waals surface area contributed by atoms with Crippen molar-refractivity contribution in [2.45, 2.75) is 19.4 Å². The van der Waals surface area contributed by atoms with Crippen LogP contribution in [0.3, 0.4) is 0 Å². The number of anilines is 1. The Kier molecular flexibility index (Phi) is 3.47. The minimum absolute atomic E-state index is 0.687. The molecule has 0 saturated carbocycles. The summed E-state index contributed by atoms with van der Waals surface area (Å²) in [5.41, 5.74) is 9.77. The van der Waals surface area contributed by atoms with E-state index in [1.54, 1.807) is 0 Å². The Morgan fingerprint density at radius 2 is 2.00 bits per heavy atom. The average Bonchev–Trinajstić information content (AvgIpc) is 2.47. The molecule has 0 saturated heterocycles. The van der Waals surface area contributed by atoms with Gasteiger partial charge < -0.3 is 10.6 Å². The van der Waals surface area contributed by atoms with Crippen molar-refractivity contribution in [1.82, 2.24) is 4.98 Å². The third-order valence-electron chi connectivity index (χ3n) is 3.70. The number of nitrogens with two attached hydrogens (primary N) is 1. The lowest BCUT2D eigenvalue weighted by molar-refractivity contribution is 0.720. The molecule has 0 fully saturated rings. The second kappa shape index (κ2) is 5.41. The summed E-state index contributed by atoms with van der Waals surface area (Å²) in [5, 5.41) is 0. The molecule has 3 heteroatoms. The molecule has 0 aliphatic carbocycles. The molecule has 0 bridgehead atoms. The van der Waals surface area contributed by atoms with Crippen LogP contribution in [0, 0.1) is 0 Å². The first-order chi connectivity index (χ1) is 9.36. The maximum atomic E-state index is 5.62. The summed E-state index contributed by atoms with van der Waals surface area (Å²) >= 11 is 0. The number of nitrogens with zero attached hydrogens (tertiary/aromatic N) is 2. The molecule has 19 heavy (non-hydrogen) atoms. The van der Waals surface area contributed by atoms with Crippen molar-refractivity contribution in [3.05, 3.63) is 59.3 Å². The number of pyridine rings is 1. The zero-order chi connectivity index (χ0) is 13.1. The van der Waals surface area contributed by atoms with Crippen LogP contribution in [0.15, 0.2) is 42.6 Å². The van der Waals surface area contributed by atoms with E-state index in [1.165, 1.54) is 16.7 Å². The van der Waals surface area contributed by atoms with Crippen molar-refractivity contribution in [3.8, 4) is 0 Å². The van der Waals surface area contributed by atoms with E-state index in [9.17, 15) is 0 Å². The number of benzene rings is 1. The second-order valence-electron chi connectivity index (χ2n) is 5.00. The molecule has 1 aromatic heterocycles. The number of hydrogen-bond donors (Lipinski definition) is 1. The van der Waals surface area contributed by atoms with Gasteiger partial charge in [0.05, 0.1) is 0 Å². The van der Waals surface area contributed by atoms with Gasteiger partial charge in [0.25, 0.3) is 0 Å². The fraction of sp³-hybridized carbons (Fsp3) is 0.312. The molecule has 2 aromatic rings. The van der Waals surface area contributed by atoms with Crippen LogP contribution in [0.25, 0.3) is 0 Å². The molecule has 0 atom stereocenters. The van der Waals surface area contributed by atoms with Crippen molar-refractivity contribution in [3.63, 3.8) is 0 Å². The lowest BCUT2D eigenvalue weighted by Crippen LogP contribution is -2.31. The van der Waals surface area contributed by atoms with Crippen molar-refractivity contribution in [2.75, 3.05) is 18.0 Å². The van der Waals surface area contributed by atoms with Gasteiger partial charge in [-0.15, -0.1) is 0 Å². The highest BCUT2D eigenvalue weighted by Crippen LogP contribution is 2.23. The van der Waals surface area contributed by atoms with E-state index >= 15 is 0 Å². The van der Waals surface area contributed by atoms with E-state index < -0.39 is 0 Å². The zero-order valence-corrected chi connectivity index (χ0v) is 11.0. The molecular formula is C16H19N3. The summed E-state index contributed by atoms with van der Waals surface area (Å²) in [4.78, 5) is 6.85. The number of fused-ring (bicyclic) bond motifs is 1. The Morgan fingerprint density at radius 3 is 2.84 bits per heavy atom. The van der Waals surface area contributed by atoms with Crippen LogP contribution in [0.4, 0.5) is 5.82 Å². The van der Waals surface area contributed by atoms with E-state index in [-0.39, 0.29) is 0 Å². The Morgan fingerprint density at radius 1 is 1.16 bits per heavy atom. The standard InChI is InChI=1S/C16H19N3/c17-8-5-13-6-9-18-16(11-13)19-10-7-14-3-1-2-4-15(14)12-19/h1-4,6,9,11H,5,7-8,10,12,17H2. The predicted molar refractivity (Wildman–Crippen MR) is 78.2 cm³/mol. The van der Waals surface area contributed by atoms with Crippen molar-refractivity contribution in [2.24, 2.45) is 5.73 Å². The van der Waals surface area contributed by atoms with Gasteiger partial charge >= 0.3 is 0 Å². The summed E-state index contributed by atoms with van der Waals surface area (Å²) in [6.45, 7) is 2.68. The molecule has 0 amide bonds. The van der Waals surface area contributed by atoms with Gasteiger partial charge in [0.1, 0.15) is 5.82 Å². The normalized spacial score (nSPS) is 14.3. The molecule has 0 unspecified atom stereocenters. The van der Waals surface area contributed by atoms with Gasteiger partial charge in [0, 0.05) is 19.3 Å². The minimum atomic E-state index is 0.687. The van der Waals surface area contributed by atoms with E-state index in [0.717, 1.165) is 31.7 Å². The molecule has 1 aromatic carbocycles. The van der Waals surface area contributed by atoms with Gasteiger partial charge in [-0.2, -0.15) is 0 Å². The third-order valence-corrected chi connectivity index (χ3v) is 3.70. The Labute approximate surface area is 114 Å². The second-order valence-corrected chi connectivity index (χ2v) is 5.00. The van der Waals surface area contributed by atoms with Crippen LogP contribution in [0.1, 0.15) is 16.7 Å². The van der Waals surface area contributed by atoms with Crippen molar-refractivity contribution >= 4 is 5.82 Å².